The van der Waals surface area contributed by atoms with Crippen LogP contribution in [0.15, 0.2) is 58.3 Å². The van der Waals surface area contributed by atoms with Gasteiger partial charge < -0.3 is 4.74 Å². The molecule has 0 saturated heterocycles. The molecule has 0 heterocycles. The second-order valence-electron chi connectivity index (χ2n) is 5.72. The highest BCUT2D eigenvalue weighted by molar-refractivity contribution is 7.91. The van der Waals surface area contributed by atoms with E-state index in [4.69, 9.17) is 4.74 Å². The van der Waals surface area contributed by atoms with E-state index in [-0.39, 0.29) is 18.0 Å². The van der Waals surface area contributed by atoms with E-state index < -0.39 is 30.5 Å². The van der Waals surface area contributed by atoms with Gasteiger partial charge in [-0.15, -0.1) is 0 Å². The van der Waals surface area contributed by atoms with Crippen LogP contribution in [0.1, 0.15) is 5.56 Å². The summed E-state index contributed by atoms with van der Waals surface area (Å²) in [6.45, 7) is 2.02. The van der Waals surface area contributed by atoms with Crippen molar-refractivity contribution in [2.45, 2.75) is 22.5 Å². The predicted octanol–water partition coefficient (Wildman–Crippen LogP) is 2.69. The number of hydrogen-bond donors (Lipinski definition) is 0. The third kappa shape index (κ3) is 4.82. The molecular weight excluding hydrogens is 400 g/mol. The van der Waals surface area contributed by atoms with Gasteiger partial charge in [-0.3, -0.25) is 0 Å². The molecule has 0 radical (unpaired) electrons. The number of aryl methyl sites for hydroxylation is 1. The quantitative estimate of drug-likeness (QED) is 0.657. The Kier molecular flexibility index (Phi) is 6.55. The third-order valence-corrected chi connectivity index (χ3v) is 7.12. The summed E-state index contributed by atoms with van der Waals surface area (Å²) in [5.74, 6) is -2.92. The van der Waals surface area contributed by atoms with Crippen LogP contribution in [0.25, 0.3) is 0 Å². The lowest BCUT2D eigenvalue weighted by Gasteiger charge is -2.18. The maximum Gasteiger partial charge on any atom is 0.341 e. The predicted molar refractivity (Wildman–Crippen MR) is 96.1 cm³/mol. The fourth-order valence-corrected chi connectivity index (χ4v) is 4.08. The zero-order valence-electron chi connectivity index (χ0n) is 14.7. The molecule has 2 aromatic carbocycles. The van der Waals surface area contributed by atoms with Gasteiger partial charge in [0.2, 0.25) is 19.9 Å². The average molecular weight is 419 g/mol. The highest BCUT2D eigenvalue weighted by atomic mass is 32.2. The Morgan fingerprint density at radius 3 is 2.07 bits per heavy atom. The maximum atomic E-state index is 12.5. The minimum absolute atomic E-state index is 0.0494. The fraction of sp³-hybridized carbons (Fsp3) is 0.294. The molecule has 0 bridgehead atoms. The van der Waals surface area contributed by atoms with Crippen molar-refractivity contribution in [2.75, 3.05) is 20.2 Å². The molecule has 0 amide bonds. The number of rotatable bonds is 8. The molecule has 148 valence electrons. The van der Waals surface area contributed by atoms with Crippen LogP contribution in [0.3, 0.4) is 0 Å². The van der Waals surface area contributed by atoms with Gasteiger partial charge in [-0.25, -0.2) is 16.8 Å². The highest BCUT2D eigenvalue weighted by Crippen LogP contribution is 2.22. The standard InChI is InChI=1S/C17H19F2NO5S2/c1-13-5-3-4-6-16(13)25-12-11-20(2)27(23,24)15-9-7-14(8-10-15)26(21,22)17(18)19/h3-10,17H,11-12H2,1-2H3. The number of hydrogen-bond acceptors (Lipinski definition) is 5. The van der Waals surface area contributed by atoms with Crippen LogP contribution in [-0.4, -0.2) is 47.1 Å². The van der Waals surface area contributed by atoms with Crippen molar-refractivity contribution in [1.29, 1.82) is 0 Å². The number of likely N-dealkylation sites (N-methyl/N-ethyl adjacent to an activating group) is 1. The molecule has 0 N–H and O–H groups in total. The average Bonchev–Trinajstić information content (AvgIpc) is 2.63. The van der Waals surface area contributed by atoms with Crippen molar-refractivity contribution in [3.05, 3.63) is 54.1 Å². The van der Waals surface area contributed by atoms with Gasteiger partial charge >= 0.3 is 5.76 Å². The summed E-state index contributed by atoms with van der Waals surface area (Å²) in [7, 11) is -7.34. The number of para-hydroxylation sites is 1. The summed E-state index contributed by atoms with van der Waals surface area (Å²) >= 11 is 0. The van der Waals surface area contributed by atoms with E-state index in [0.717, 1.165) is 34.1 Å². The number of alkyl halides is 2. The lowest BCUT2D eigenvalue weighted by atomic mass is 10.2. The summed E-state index contributed by atoms with van der Waals surface area (Å²) in [6, 6.07) is 11.0. The van der Waals surface area contributed by atoms with E-state index >= 15 is 0 Å². The first-order chi connectivity index (χ1) is 12.6. The van der Waals surface area contributed by atoms with Crippen molar-refractivity contribution < 1.29 is 30.4 Å². The van der Waals surface area contributed by atoms with Crippen molar-refractivity contribution in [3.63, 3.8) is 0 Å². The van der Waals surface area contributed by atoms with Crippen molar-refractivity contribution in [1.82, 2.24) is 4.31 Å². The normalized spacial score (nSPS) is 12.5. The van der Waals surface area contributed by atoms with E-state index in [9.17, 15) is 25.6 Å². The molecule has 0 aliphatic heterocycles. The zero-order chi connectivity index (χ0) is 20.2. The molecular formula is C17H19F2NO5S2. The summed E-state index contributed by atoms with van der Waals surface area (Å²) in [4.78, 5) is -0.837. The van der Waals surface area contributed by atoms with Gasteiger partial charge in [-0.05, 0) is 42.8 Å². The molecule has 2 aromatic rings. The van der Waals surface area contributed by atoms with Crippen molar-refractivity contribution >= 4 is 19.9 Å². The second kappa shape index (κ2) is 8.32. The van der Waals surface area contributed by atoms with Crippen molar-refractivity contribution in [3.8, 4) is 5.75 Å². The Morgan fingerprint density at radius 2 is 1.52 bits per heavy atom. The number of ether oxygens (including phenoxy) is 1. The van der Waals surface area contributed by atoms with Crippen LogP contribution in [0.5, 0.6) is 5.75 Å². The molecule has 0 saturated carbocycles. The van der Waals surface area contributed by atoms with Gasteiger partial charge in [0, 0.05) is 13.6 Å². The fourth-order valence-electron chi connectivity index (χ4n) is 2.21. The van der Waals surface area contributed by atoms with Gasteiger partial charge in [0.05, 0.1) is 9.79 Å². The van der Waals surface area contributed by atoms with Gasteiger partial charge in [0.15, 0.2) is 0 Å². The molecule has 0 spiro atoms. The number of sulfone groups is 1. The molecule has 0 atom stereocenters. The molecule has 0 unspecified atom stereocenters. The number of benzene rings is 2. The van der Waals surface area contributed by atoms with E-state index in [2.05, 4.69) is 0 Å². The van der Waals surface area contributed by atoms with Crippen molar-refractivity contribution in [2.24, 2.45) is 0 Å². The van der Waals surface area contributed by atoms with Crippen LogP contribution >= 0.6 is 0 Å². The molecule has 2 rings (SSSR count). The first-order valence-electron chi connectivity index (χ1n) is 7.83. The minimum atomic E-state index is -4.77. The molecule has 0 aromatic heterocycles. The van der Waals surface area contributed by atoms with Crippen LogP contribution < -0.4 is 4.74 Å². The first kappa shape index (κ1) is 21.3. The Bertz CT molecular complexity index is 990. The molecule has 0 aliphatic carbocycles. The molecule has 0 fully saturated rings. The largest absolute Gasteiger partial charge is 0.492 e. The summed E-state index contributed by atoms with van der Waals surface area (Å²) in [5, 5.41) is 0. The topological polar surface area (TPSA) is 80.8 Å². The molecule has 0 aliphatic rings. The van der Waals surface area contributed by atoms with E-state index in [0.29, 0.717) is 5.75 Å². The zero-order valence-corrected chi connectivity index (χ0v) is 16.3. The van der Waals surface area contributed by atoms with E-state index in [1.807, 2.05) is 19.1 Å². The lowest BCUT2D eigenvalue weighted by Crippen LogP contribution is -2.31. The van der Waals surface area contributed by atoms with Crippen LogP contribution in [0.4, 0.5) is 8.78 Å². The van der Waals surface area contributed by atoms with E-state index in [1.54, 1.807) is 12.1 Å². The minimum Gasteiger partial charge on any atom is -0.492 e. The smallest absolute Gasteiger partial charge is 0.341 e. The van der Waals surface area contributed by atoms with Crippen LogP contribution in [-0.2, 0) is 19.9 Å². The maximum absolute atomic E-state index is 12.5. The lowest BCUT2D eigenvalue weighted by molar-refractivity contribution is 0.234. The Hall–Kier alpha value is -2.04. The van der Waals surface area contributed by atoms with Gasteiger partial charge in [0.25, 0.3) is 0 Å². The highest BCUT2D eigenvalue weighted by Gasteiger charge is 2.27. The monoisotopic (exact) mass is 419 g/mol. The Morgan fingerprint density at radius 1 is 0.963 bits per heavy atom. The van der Waals surface area contributed by atoms with Crippen LogP contribution in [0, 0.1) is 6.92 Å². The van der Waals surface area contributed by atoms with Crippen LogP contribution in [0.2, 0.25) is 0 Å². The third-order valence-electron chi connectivity index (χ3n) is 3.85. The SMILES string of the molecule is Cc1ccccc1OCCN(C)S(=O)(=O)c1ccc(S(=O)(=O)C(F)F)cc1. The first-order valence-corrected chi connectivity index (χ1v) is 10.8. The number of halogens is 2. The number of sulfonamides is 1. The van der Waals surface area contributed by atoms with Gasteiger partial charge in [-0.2, -0.15) is 13.1 Å². The Labute approximate surface area is 157 Å². The summed E-state index contributed by atoms with van der Waals surface area (Å²) < 4.78 is 79.5. The van der Waals surface area contributed by atoms with Gasteiger partial charge in [0.1, 0.15) is 12.4 Å². The van der Waals surface area contributed by atoms with Gasteiger partial charge in [-0.1, -0.05) is 18.2 Å². The van der Waals surface area contributed by atoms with E-state index in [1.165, 1.54) is 7.05 Å². The molecule has 10 heteroatoms. The second-order valence-corrected chi connectivity index (χ2v) is 9.68. The molecule has 6 nitrogen and oxygen atoms in total. The number of nitrogens with zero attached hydrogens (tertiary/aromatic N) is 1. The summed E-state index contributed by atoms with van der Waals surface area (Å²) in [5.41, 5.74) is 0.916. The molecule has 27 heavy (non-hydrogen) atoms. The summed E-state index contributed by atoms with van der Waals surface area (Å²) in [6.07, 6.45) is 0. The Balaban J connectivity index is 2.07.